The van der Waals surface area contributed by atoms with Crippen LogP contribution in [0.3, 0.4) is 0 Å². The quantitative estimate of drug-likeness (QED) is 0.635. The van der Waals surface area contributed by atoms with Gasteiger partial charge in [0.2, 0.25) is 0 Å². The maximum atomic E-state index is 10.2. The highest BCUT2D eigenvalue weighted by atomic mass is 16.4. The highest BCUT2D eigenvalue weighted by Gasteiger charge is 2.15. The lowest BCUT2D eigenvalue weighted by molar-refractivity contribution is -0.131. The minimum absolute atomic E-state index is 0.0540. The molecule has 0 atom stereocenters. The molecule has 0 unspecified atom stereocenters. The summed E-state index contributed by atoms with van der Waals surface area (Å²) < 4.78 is 0. The Morgan fingerprint density at radius 2 is 1.91 bits per heavy atom. The van der Waals surface area contributed by atoms with Crippen LogP contribution in [0, 0.1) is 5.41 Å². The van der Waals surface area contributed by atoms with Gasteiger partial charge in [-0.1, -0.05) is 26.8 Å². The molecule has 64 valence electrons. The topological polar surface area (TPSA) is 37.3 Å². The summed E-state index contributed by atoms with van der Waals surface area (Å²) in [6.07, 6.45) is 4.96. The number of aliphatic carboxylic acids is 1. The van der Waals surface area contributed by atoms with Gasteiger partial charge < -0.3 is 5.11 Å². The molecule has 0 saturated carbocycles. The first kappa shape index (κ1) is 10.2. The third-order valence-corrected chi connectivity index (χ3v) is 2.24. The van der Waals surface area contributed by atoms with Gasteiger partial charge in [0.15, 0.2) is 0 Å². The maximum Gasteiger partial charge on any atom is 0.327 e. The average molecular weight is 156 g/mol. The molecule has 0 bridgehead atoms. The minimum Gasteiger partial charge on any atom is -0.478 e. The molecule has 11 heavy (non-hydrogen) atoms. The fraction of sp³-hybridized carbons (Fsp3) is 0.667. The molecule has 0 saturated heterocycles. The molecule has 0 rings (SSSR count). The number of carbonyl (C=O) groups is 1. The molecule has 0 radical (unpaired) electrons. The average Bonchev–Trinajstić information content (AvgIpc) is 2.00. The molecule has 0 fully saturated rings. The van der Waals surface area contributed by atoms with E-state index in [4.69, 9.17) is 5.11 Å². The molecule has 1 N–H and O–H groups in total. The summed E-state index contributed by atoms with van der Waals surface area (Å²) >= 11 is 0. The van der Waals surface area contributed by atoms with E-state index in [1.54, 1.807) is 6.08 Å². The van der Waals surface area contributed by atoms with Crippen LogP contribution in [0.5, 0.6) is 0 Å². The summed E-state index contributed by atoms with van der Waals surface area (Å²) in [6.45, 7) is 6.19. The lowest BCUT2D eigenvalue weighted by atomic mass is 9.84. The van der Waals surface area contributed by atoms with Crippen LogP contribution >= 0.6 is 0 Å². The Labute approximate surface area is 67.9 Å². The molecule has 0 spiro atoms. The van der Waals surface area contributed by atoms with Gasteiger partial charge in [0.25, 0.3) is 0 Å². The van der Waals surface area contributed by atoms with E-state index in [1.165, 1.54) is 6.08 Å². The molecule has 0 aromatic heterocycles. The van der Waals surface area contributed by atoms with Gasteiger partial charge in [-0.3, -0.25) is 0 Å². The minimum atomic E-state index is -0.863. The third kappa shape index (κ3) is 3.81. The van der Waals surface area contributed by atoms with Gasteiger partial charge in [0.1, 0.15) is 0 Å². The third-order valence-electron chi connectivity index (χ3n) is 2.24. The van der Waals surface area contributed by atoms with Crippen LogP contribution < -0.4 is 0 Å². The summed E-state index contributed by atoms with van der Waals surface area (Å²) in [7, 11) is 0. The molecule has 2 heteroatoms. The first-order valence-corrected chi connectivity index (χ1v) is 3.96. The lowest BCUT2D eigenvalue weighted by Crippen LogP contribution is -2.10. The monoisotopic (exact) mass is 156 g/mol. The van der Waals surface area contributed by atoms with Crippen molar-refractivity contribution in [3.05, 3.63) is 12.2 Å². The summed E-state index contributed by atoms with van der Waals surface area (Å²) in [4.78, 5) is 10.2. The van der Waals surface area contributed by atoms with Crippen molar-refractivity contribution < 1.29 is 9.90 Å². The molecule has 0 aliphatic heterocycles. The van der Waals surface area contributed by atoms with Gasteiger partial charge in [0, 0.05) is 6.08 Å². The zero-order chi connectivity index (χ0) is 8.91. The number of carboxylic acid groups (broad SMARTS) is 1. The predicted octanol–water partition coefficient (Wildman–Crippen LogP) is 2.45. The summed E-state index contributed by atoms with van der Waals surface area (Å²) in [5, 5.41) is 8.38. The number of allylic oxidation sites excluding steroid dienone is 1. The molecule has 0 amide bonds. The second kappa shape index (κ2) is 4.16. The van der Waals surface area contributed by atoms with Crippen LogP contribution in [-0.4, -0.2) is 11.1 Å². The number of carboxylic acids is 1. The summed E-state index contributed by atoms with van der Waals surface area (Å²) in [5.74, 6) is -0.863. The van der Waals surface area contributed by atoms with Crippen molar-refractivity contribution >= 4 is 5.97 Å². The smallest absolute Gasteiger partial charge is 0.327 e. The van der Waals surface area contributed by atoms with E-state index in [1.807, 2.05) is 0 Å². The summed E-state index contributed by atoms with van der Waals surface area (Å²) in [6, 6.07) is 0. The molecule has 0 aromatic carbocycles. The molecule has 0 heterocycles. The Hall–Kier alpha value is -0.790. The van der Waals surface area contributed by atoms with E-state index in [2.05, 4.69) is 20.8 Å². The Balaban J connectivity index is 4.17. The van der Waals surface area contributed by atoms with E-state index in [0.717, 1.165) is 12.8 Å². The van der Waals surface area contributed by atoms with E-state index in [-0.39, 0.29) is 5.41 Å². The molecule has 0 aliphatic carbocycles. The molecule has 0 aromatic rings. The molecular formula is C9H16O2. The largest absolute Gasteiger partial charge is 0.478 e. The highest BCUT2D eigenvalue weighted by Crippen LogP contribution is 2.26. The predicted molar refractivity (Wildman–Crippen MR) is 45.5 cm³/mol. The van der Waals surface area contributed by atoms with Crippen LogP contribution in [0.25, 0.3) is 0 Å². The Morgan fingerprint density at radius 1 is 1.45 bits per heavy atom. The fourth-order valence-electron chi connectivity index (χ4n) is 0.758. The number of hydrogen-bond acceptors (Lipinski definition) is 1. The normalized spacial score (nSPS) is 12.3. The van der Waals surface area contributed by atoms with Crippen molar-refractivity contribution in [2.75, 3.05) is 0 Å². The maximum absolute atomic E-state index is 10.2. The van der Waals surface area contributed by atoms with Crippen molar-refractivity contribution in [1.29, 1.82) is 0 Å². The first-order valence-electron chi connectivity index (χ1n) is 3.96. The van der Waals surface area contributed by atoms with Crippen molar-refractivity contribution in [2.24, 2.45) is 5.41 Å². The lowest BCUT2D eigenvalue weighted by Gasteiger charge is -2.21. The van der Waals surface area contributed by atoms with Crippen molar-refractivity contribution in [3.63, 3.8) is 0 Å². The number of hydrogen-bond donors (Lipinski definition) is 1. The van der Waals surface area contributed by atoms with E-state index in [0.29, 0.717) is 0 Å². The zero-order valence-electron chi connectivity index (χ0n) is 7.42. The zero-order valence-corrected chi connectivity index (χ0v) is 7.42. The van der Waals surface area contributed by atoms with Crippen molar-refractivity contribution in [3.8, 4) is 0 Å². The second-order valence-corrected chi connectivity index (χ2v) is 3.03. The Kier molecular flexibility index (Phi) is 3.86. The van der Waals surface area contributed by atoms with Crippen molar-refractivity contribution in [1.82, 2.24) is 0 Å². The van der Waals surface area contributed by atoms with Gasteiger partial charge in [-0.15, -0.1) is 0 Å². The Morgan fingerprint density at radius 3 is 2.18 bits per heavy atom. The van der Waals surface area contributed by atoms with Crippen LogP contribution in [0.2, 0.25) is 0 Å². The second-order valence-electron chi connectivity index (χ2n) is 3.03. The van der Waals surface area contributed by atoms with Gasteiger partial charge in [-0.25, -0.2) is 4.79 Å². The van der Waals surface area contributed by atoms with Gasteiger partial charge in [0.05, 0.1) is 0 Å². The molecule has 0 aliphatic rings. The van der Waals surface area contributed by atoms with E-state index >= 15 is 0 Å². The Bertz CT molecular complexity index is 155. The van der Waals surface area contributed by atoms with Gasteiger partial charge in [-0.2, -0.15) is 0 Å². The highest BCUT2D eigenvalue weighted by molar-refractivity contribution is 5.79. The van der Waals surface area contributed by atoms with Gasteiger partial charge >= 0.3 is 5.97 Å². The molecule has 2 nitrogen and oxygen atoms in total. The number of rotatable bonds is 4. The van der Waals surface area contributed by atoms with E-state index in [9.17, 15) is 4.79 Å². The van der Waals surface area contributed by atoms with E-state index < -0.39 is 5.97 Å². The molecular weight excluding hydrogens is 140 g/mol. The SMILES string of the molecule is CCC(C)(/C=C/C(=O)O)CC. The van der Waals surface area contributed by atoms with Crippen LogP contribution in [0.15, 0.2) is 12.2 Å². The van der Waals surface area contributed by atoms with Crippen LogP contribution in [-0.2, 0) is 4.79 Å². The fourth-order valence-corrected chi connectivity index (χ4v) is 0.758. The van der Waals surface area contributed by atoms with Crippen molar-refractivity contribution in [2.45, 2.75) is 33.6 Å². The van der Waals surface area contributed by atoms with Crippen LogP contribution in [0.1, 0.15) is 33.6 Å². The standard InChI is InChI=1S/C9H16O2/c1-4-9(3,5-2)7-6-8(10)11/h6-7H,4-5H2,1-3H3,(H,10,11)/b7-6+. The van der Waals surface area contributed by atoms with Gasteiger partial charge in [-0.05, 0) is 18.3 Å². The summed E-state index contributed by atoms with van der Waals surface area (Å²) in [5.41, 5.74) is 0.0540. The van der Waals surface area contributed by atoms with Crippen LogP contribution in [0.4, 0.5) is 0 Å². The first-order chi connectivity index (χ1) is 5.04.